The first-order chi connectivity index (χ1) is 13.3. The summed E-state index contributed by atoms with van der Waals surface area (Å²) in [5.74, 6) is 1.78. The second-order valence-corrected chi connectivity index (χ2v) is 8.65. The van der Waals surface area contributed by atoms with Gasteiger partial charge in [0.15, 0.2) is 0 Å². The molecule has 5 nitrogen and oxygen atoms in total. The van der Waals surface area contributed by atoms with Crippen LogP contribution >= 0.6 is 15.9 Å². The van der Waals surface area contributed by atoms with Crippen LogP contribution < -0.4 is 9.47 Å². The molecule has 2 unspecified atom stereocenters. The Bertz CT molecular complexity index is 810. The number of methoxy groups -OCH3 is 2. The van der Waals surface area contributed by atoms with Gasteiger partial charge in [0.2, 0.25) is 5.91 Å². The molecule has 0 aromatic heterocycles. The molecule has 3 rings (SSSR count). The van der Waals surface area contributed by atoms with Crippen LogP contribution in [0.15, 0.2) is 46.9 Å². The molecule has 1 aliphatic heterocycles. The lowest BCUT2D eigenvalue weighted by molar-refractivity contribution is -0.131. The Hall–Kier alpha value is -1.93. The molecule has 8 heteroatoms. The highest BCUT2D eigenvalue weighted by atomic mass is 79.9. The van der Waals surface area contributed by atoms with Gasteiger partial charge in [0, 0.05) is 45.2 Å². The molecule has 1 fully saturated rings. The zero-order valence-corrected chi connectivity index (χ0v) is 18.4. The normalized spacial score (nSPS) is 18.9. The van der Waals surface area contributed by atoms with E-state index in [0.717, 1.165) is 10.0 Å². The van der Waals surface area contributed by atoms with E-state index in [0.29, 0.717) is 23.8 Å². The Labute approximate surface area is 175 Å². The fourth-order valence-electron chi connectivity index (χ4n) is 2.72. The molecular formula is C20H23BrFNO4S. The number of nitrogens with zero attached hydrogens (tertiary/aromatic N) is 1. The van der Waals surface area contributed by atoms with Crippen LogP contribution in [0, 0.1) is 5.82 Å². The minimum atomic E-state index is -1.03. The fraction of sp³-hybridized carbons (Fsp3) is 0.350. The summed E-state index contributed by atoms with van der Waals surface area (Å²) in [5, 5.41) is 0. The number of ether oxygens (including phenoxy) is 2. The monoisotopic (exact) mass is 471 g/mol. The highest BCUT2D eigenvalue weighted by Gasteiger charge is 2.29. The third kappa shape index (κ3) is 6.31. The molecule has 2 aromatic rings. The van der Waals surface area contributed by atoms with Crippen LogP contribution in [0.4, 0.5) is 4.39 Å². The van der Waals surface area contributed by atoms with Crippen LogP contribution in [0.5, 0.6) is 11.5 Å². The number of benzene rings is 2. The first kappa shape index (κ1) is 22.4. The van der Waals surface area contributed by atoms with Crippen molar-refractivity contribution in [2.45, 2.75) is 19.5 Å². The molecule has 0 aliphatic carbocycles. The maximum absolute atomic E-state index is 12.1. The largest absolute Gasteiger partial charge is 0.497 e. The van der Waals surface area contributed by atoms with E-state index in [1.807, 2.05) is 19.1 Å². The van der Waals surface area contributed by atoms with E-state index in [-0.39, 0.29) is 23.5 Å². The first-order valence-corrected chi connectivity index (χ1v) is 10.9. The summed E-state index contributed by atoms with van der Waals surface area (Å²) in [7, 11) is 2.16. The van der Waals surface area contributed by atoms with E-state index in [4.69, 9.17) is 9.47 Å². The molecule has 2 aromatic carbocycles. The zero-order chi connectivity index (χ0) is 20.7. The molecule has 1 aliphatic rings. The fourth-order valence-corrected chi connectivity index (χ4v) is 4.27. The second kappa shape index (κ2) is 10.6. The van der Waals surface area contributed by atoms with Crippen molar-refractivity contribution in [3.8, 4) is 11.5 Å². The van der Waals surface area contributed by atoms with Gasteiger partial charge in [0.1, 0.15) is 23.1 Å². The number of carbonyl (C=O) groups excluding carboxylic acids is 1. The van der Waals surface area contributed by atoms with Crippen LogP contribution in [0.3, 0.4) is 0 Å². The molecule has 0 bridgehead atoms. The van der Waals surface area contributed by atoms with Crippen molar-refractivity contribution in [1.29, 1.82) is 0 Å². The third-order valence-electron chi connectivity index (χ3n) is 4.20. The van der Waals surface area contributed by atoms with Crippen LogP contribution in [0.2, 0.25) is 0 Å². The SMILES string of the molecule is COc1ccc(CN2C(=O)CS(=O)CC2C)c(OC)c1.Fc1ccc(Br)cc1. The summed E-state index contributed by atoms with van der Waals surface area (Å²) in [6.07, 6.45) is 0. The lowest BCUT2D eigenvalue weighted by Crippen LogP contribution is -2.48. The minimum absolute atomic E-state index is 0.0242. The number of hydrogen-bond donors (Lipinski definition) is 0. The maximum atomic E-state index is 12.1. The molecule has 28 heavy (non-hydrogen) atoms. The highest BCUT2D eigenvalue weighted by molar-refractivity contribution is 9.10. The molecule has 1 amide bonds. The van der Waals surface area contributed by atoms with Gasteiger partial charge in [-0.15, -0.1) is 0 Å². The van der Waals surface area contributed by atoms with Gasteiger partial charge in [-0.2, -0.15) is 0 Å². The molecule has 0 radical (unpaired) electrons. The quantitative estimate of drug-likeness (QED) is 0.680. The topological polar surface area (TPSA) is 55.8 Å². The van der Waals surface area contributed by atoms with Crippen molar-refractivity contribution in [3.05, 3.63) is 58.3 Å². The zero-order valence-electron chi connectivity index (χ0n) is 16.0. The molecule has 2 atom stereocenters. The van der Waals surface area contributed by atoms with Gasteiger partial charge < -0.3 is 14.4 Å². The first-order valence-electron chi connectivity index (χ1n) is 8.60. The van der Waals surface area contributed by atoms with Gasteiger partial charge in [0.25, 0.3) is 0 Å². The average Bonchev–Trinajstić information content (AvgIpc) is 2.67. The van der Waals surface area contributed by atoms with Gasteiger partial charge >= 0.3 is 0 Å². The predicted octanol–water partition coefficient (Wildman–Crippen LogP) is 3.77. The molecule has 0 saturated carbocycles. The Kier molecular flexibility index (Phi) is 8.44. The molecule has 1 heterocycles. The van der Waals surface area contributed by atoms with Crippen molar-refractivity contribution >= 4 is 32.6 Å². The summed E-state index contributed by atoms with van der Waals surface area (Å²) in [5.41, 5.74) is 0.918. The lowest BCUT2D eigenvalue weighted by atomic mass is 10.1. The van der Waals surface area contributed by atoms with E-state index < -0.39 is 10.8 Å². The lowest BCUT2D eigenvalue weighted by Gasteiger charge is -2.33. The van der Waals surface area contributed by atoms with Crippen LogP contribution in [-0.2, 0) is 22.1 Å². The van der Waals surface area contributed by atoms with E-state index in [9.17, 15) is 13.4 Å². The van der Waals surface area contributed by atoms with Crippen LogP contribution in [0.25, 0.3) is 0 Å². The Morgan fingerprint density at radius 3 is 2.39 bits per heavy atom. The van der Waals surface area contributed by atoms with Crippen LogP contribution in [0.1, 0.15) is 12.5 Å². The van der Waals surface area contributed by atoms with Crippen LogP contribution in [-0.4, -0.2) is 46.8 Å². The Balaban J connectivity index is 0.000000292. The van der Waals surface area contributed by atoms with E-state index >= 15 is 0 Å². The van der Waals surface area contributed by atoms with Crippen molar-refractivity contribution < 1.29 is 22.9 Å². The van der Waals surface area contributed by atoms with E-state index in [1.165, 1.54) is 12.1 Å². The molecule has 0 spiro atoms. The average molecular weight is 472 g/mol. The van der Waals surface area contributed by atoms with Gasteiger partial charge in [0.05, 0.1) is 14.2 Å². The number of hydrogen-bond acceptors (Lipinski definition) is 4. The smallest absolute Gasteiger partial charge is 0.235 e. The highest BCUT2D eigenvalue weighted by Crippen LogP contribution is 2.27. The second-order valence-electron chi connectivity index (χ2n) is 6.24. The number of rotatable bonds is 4. The Morgan fingerprint density at radius 2 is 1.86 bits per heavy atom. The summed E-state index contributed by atoms with van der Waals surface area (Å²) >= 11 is 3.18. The maximum Gasteiger partial charge on any atom is 0.235 e. The standard InChI is InChI=1S/C14H19NO4S.C6H4BrF/c1-10-8-20(17)9-14(16)15(10)7-11-4-5-12(18-2)6-13(11)19-3;7-5-1-3-6(8)4-2-5/h4-6,10H,7-9H2,1-3H3;1-4H. The van der Waals surface area contributed by atoms with Gasteiger partial charge in [-0.05, 0) is 43.3 Å². The van der Waals surface area contributed by atoms with E-state index in [2.05, 4.69) is 15.9 Å². The molecule has 152 valence electrons. The molecule has 1 saturated heterocycles. The summed E-state index contributed by atoms with van der Waals surface area (Å²) in [4.78, 5) is 13.8. The summed E-state index contributed by atoms with van der Waals surface area (Å²) in [6, 6.07) is 11.6. The van der Waals surface area contributed by atoms with Gasteiger partial charge in [-0.1, -0.05) is 15.9 Å². The molecule has 0 N–H and O–H groups in total. The summed E-state index contributed by atoms with van der Waals surface area (Å²) in [6.45, 7) is 2.38. The predicted molar refractivity (Wildman–Crippen MR) is 112 cm³/mol. The molecular weight excluding hydrogens is 449 g/mol. The summed E-state index contributed by atoms with van der Waals surface area (Å²) < 4.78 is 35.0. The van der Waals surface area contributed by atoms with Crippen molar-refractivity contribution in [1.82, 2.24) is 4.90 Å². The third-order valence-corrected chi connectivity index (χ3v) is 6.15. The van der Waals surface area contributed by atoms with Crippen molar-refractivity contribution in [2.75, 3.05) is 25.7 Å². The van der Waals surface area contributed by atoms with E-state index in [1.54, 1.807) is 37.3 Å². The van der Waals surface area contributed by atoms with Crippen molar-refractivity contribution in [2.24, 2.45) is 0 Å². The number of amides is 1. The number of carbonyl (C=O) groups is 1. The van der Waals surface area contributed by atoms with Gasteiger partial charge in [-0.25, -0.2) is 4.39 Å². The minimum Gasteiger partial charge on any atom is -0.497 e. The van der Waals surface area contributed by atoms with Gasteiger partial charge in [-0.3, -0.25) is 9.00 Å². The Morgan fingerprint density at radius 1 is 1.18 bits per heavy atom. The van der Waals surface area contributed by atoms with Crippen molar-refractivity contribution in [3.63, 3.8) is 0 Å². The number of halogens is 2.